The lowest BCUT2D eigenvalue weighted by Crippen LogP contribution is -1.97. The molecule has 0 N–H and O–H groups in total. The van der Waals surface area contributed by atoms with Gasteiger partial charge in [-0.1, -0.05) is 30.3 Å². The molecule has 0 bridgehead atoms. The van der Waals surface area contributed by atoms with Gasteiger partial charge in [-0.25, -0.2) is 0 Å². The minimum atomic E-state index is 0.494. The molecular formula is C15H13NOS. The molecule has 3 heteroatoms. The molecule has 0 fully saturated rings. The quantitative estimate of drug-likeness (QED) is 0.593. The number of nitrogens with zero attached hydrogens (tertiary/aromatic N) is 1. The lowest BCUT2D eigenvalue weighted by Gasteiger charge is -2.08. The number of aryl methyl sites for hydroxylation is 2. The van der Waals surface area contributed by atoms with E-state index in [0.717, 1.165) is 22.4 Å². The van der Waals surface area contributed by atoms with Gasteiger partial charge in [0.15, 0.2) is 5.58 Å². The molecular weight excluding hydrogens is 242 g/mol. The number of oxazole rings is 1. The molecule has 0 aliphatic heterocycles. The summed E-state index contributed by atoms with van der Waals surface area (Å²) in [6.07, 6.45) is 0. The molecule has 0 unspecified atom stereocenters. The molecule has 1 heterocycles. The van der Waals surface area contributed by atoms with Crippen molar-refractivity contribution in [2.45, 2.75) is 13.8 Å². The van der Waals surface area contributed by atoms with E-state index >= 15 is 0 Å². The Bertz CT molecular complexity index is 783. The molecule has 0 atom stereocenters. The van der Waals surface area contributed by atoms with Gasteiger partial charge >= 0.3 is 0 Å². The number of aromatic nitrogens is 1. The van der Waals surface area contributed by atoms with Crippen LogP contribution in [0.15, 0.2) is 46.9 Å². The maximum absolute atomic E-state index is 5.67. The third-order valence-corrected chi connectivity index (χ3v) is 3.43. The first-order valence-corrected chi connectivity index (χ1v) is 6.26. The van der Waals surface area contributed by atoms with Crippen LogP contribution in [-0.4, -0.2) is 4.57 Å². The van der Waals surface area contributed by atoms with Crippen LogP contribution in [0.25, 0.3) is 16.8 Å². The summed E-state index contributed by atoms with van der Waals surface area (Å²) in [5.41, 5.74) is 5.31. The Balaban J connectivity index is 2.47. The van der Waals surface area contributed by atoms with Crippen LogP contribution >= 0.6 is 12.2 Å². The summed E-state index contributed by atoms with van der Waals surface area (Å²) in [5, 5.41) is 0. The van der Waals surface area contributed by atoms with E-state index in [4.69, 9.17) is 16.6 Å². The highest BCUT2D eigenvalue weighted by Crippen LogP contribution is 2.26. The van der Waals surface area contributed by atoms with Crippen molar-refractivity contribution in [1.29, 1.82) is 0 Å². The fourth-order valence-electron chi connectivity index (χ4n) is 2.27. The fourth-order valence-corrected chi connectivity index (χ4v) is 2.54. The van der Waals surface area contributed by atoms with Crippen LogP contribution in [0.2, 0.25) is 0 Å². The van der Waals surface area contributed by atoms with E-state index in [0.29, 0.717) is 4.84 Å². The standard InChI is InChI=1S/C15H13NOS/c1-10-6-3-4-8-12(10)16-14-11(2)7-5-9-13(14)17-15(16)18/h3-9H,1-2H3. The van der Waals surface area contributed by atoms with Crippen molar-refractivity contribution >= 4 is 23.3 Å². The average Bonchev–Trinajstić information content (AvgIpc) is 2.68. The minimum absolute atomic E-state index is 0.494. The zero-order valence-electron chi connectivity index (χ0n) is 10.3. The minimum Gasteiger partial charge on any atom is -0.429 e. The Morgan fingerprint density at radius 2 is 1.67 bits per heavy atom. The van der Waals surface area contributed by atoms with Gasteiger partial charge < -0.3 is 4.42 Å². The van der Waals surface area contributed by atoms with E-state index in [1.54, 1.807) is 0 Å². The maximum Gasteiger partial charge on any atom is 0.274 e. The summed E-state index contributed by atoms with van der Waals surface area (Å²) in [6.45, 7) is 4.15. The van der Waals surface area contributed by atoms with E-state index in [1.165, 1.54) is 5.56 Å². The fraction of sp³-hybridized carbons (Fsp3) is 0.133. The number of hydrogen-bond acceptors (Lipinski definition) is 2. The van der Waals surface area contributed by atoms with Gasteiger partial charge in [0.2, 0.25) is 0 Å². The lowest BCUT2D eigenvalue weighted by molar-refractivity contribution is 0.570. The largest absolute Gasteiger partial charge is 0.429 e. The van der Waals surface area contributed by atoms with Crippen LogP contribution in [0.5, 0.6) is 0 Å². The Hall–Kier alpha value is -1.87. The van der Waals surface area contributed by atoms with Crippen LogP contribution in [-0.2, 0) is 0 Å². The highest BCUT2D eigenvalue weighted by Gasteiger charge is 2.11. The molecule has 18 heavy (non-hydrogen) atoms. The normalized spacial score (nSPS) is 11.0. The van der Waals surface area contributed by atoms with Crippen LogP contribution < -0.4 is 0 Å². The van der Waals surface area contributed by atoms with Crippen molar-refractivity contribution < 1.29 is 4.42 Å². The van der Waals surface area contributed by atoms with Crippen molar-refractivity contribution in [1.82, 2.24) is 4.57 Å². The molecule has 0 amide bonds. The number of benzene rings is 2. The first kappa shape index (κ1) is 11.2. The van der Waals surface area contributed by atoms with E-state index in [2.05, 4.69) is 32.0 Å². The van der Waals surface area contributed by atoms with E-state index < -0.39 is 0 Å². The van der Waals surface area contributed by atoms with Gasteiger partial charge in [-0.05, 0) is 49.3 Å². The van der Waals surface area contributed by atoms with Crippen LogP contribution in [0.4, 0.5) is 0 Å². The van der Waals surface area contributed by atoms with Gasteiger partial charge in [-0.15, -0.1) is 0 Å². The third kappa shape index (κ3) is 1.59. The molecule has 0 saturated carbocycles. The Kier molecular flexibility index (Phi) is 2.56. The lowest BCUT2D eigenvalue weighted by atomic mass is 10.1. The SMILES string of the molecule is Cc1ccccc1-n1c(=S)oc2cccc(C)c21. The summed E-state index contributed by atoms with van der Waals surface area (Å²) in [7, 11) is 0. The molecule has 3 aromatic rings. The second kappa shape index (κ2) is 4.10. The number of fused-ring (bicyclic) bond motifs is 1. The molecule has 2 nitrogen and oxygen atoms in total. The molecule has 3 rings (SSSR count). The first-order valence-electron chi connectivity index (χ1n) is 5.85. The van der Waals surface area contributed by atoms with Crippen LogP contribution in [0, 0.1) is 18.7 Å². The summed E-state index contributed by atoms with van der Waals surface area (Å²) in [6, 6.07) is 14.2. The average molecular weight is 255 g/mol. The smallest absolute Gasteiger partial charge is 0.274 e. The molecule has 0 aliphatic carbocycles. The number of hydrogen-bond donors (Lipinski definition) is 0. The van der Waals surface area contributed by atoms with Gasteiger partial charge in [0, 0.05) is 0 Å². The second-order valence-electron chi connectivity index (χ2n) is 4.41. The topological polar surface area (TPSA) is 18.1 Å². The van der Waals surface area contributed by atoms with Gasteiger partial charge in [-0.3, -0.25) is 4.57 Å². The van der Waals surface area contributed by atoms with Gasteiger partial charge in [0.05, 0.1) is 11.2 Å². The van der Waals surface area contributed by atoms with E-state index in [-0.39, 0.29) is 0 Å². The maximum atomic E-state index is 5.67. The van der Waals surface area contributed by atoms with Crippen molar-refractivity contribution in [2.75, 3.05) is 0 Å². The monoisotopic (exact) mass is 255 g/mol. The van der Waals surface area contributed by atoms with Crippen molar-refractivity contribution in [3.8, 4) is 5.69 Å². The Morgan fingerprint density at radius 1 is 0.944 bits per heavy atom. The summed E-state index contributed by atoms with van der Waals surface area (Å²) in [5.74, 6) is 0. The summed E-state index contributed by atoms with van der Waals surface area (Å²) >= 11 is 5.35. The molecule has 2 aromatic carbocycles. The number of para-hydroxylation sites is 2. The number of rotatable bonds is 1. The van der Waals surface area contributed by atoms with Gasteiger partial charge in [0.25, 0.3) is 4.84 Å². The third-order valence-electron chi connectivity index (χ3n) is 3.16. The highest BCUT2D eigenvalue weighted by atomic mass is 32.1. The van der Waals surface area contributed by atoms with Crippen molar-refractivity contribution in [2.24, 2.45) is 0 Å². The second-order valence-corrected chi connectivity index (χ2v) is 4.76. The predicted octanol–water partition coefficient (Wildman–Crippen LogP) is 4.57. The molecule has 1 aromatic heterocycles. The zero-order valence-corrected chi connectivity index (χ0v) is 11.1. The van der Waals surface area contributed by atoms with E-state index in [9.17, 15) is 0 Å². The molecule has 0 saturated heterocycles. The highest BCUT2D eigenvalue weighted by molar-refractivity contribution is 7.71. The Morgan fingerprint density at radius 3 is 2.44 bits per heavy atom. The molecule has 0 radical (unpaired) electrons. The molecule has 0 aliphatic rings. The zero-order chi connectivity index (χ0) is 12.7. The van der Waals surface area contributed by atoms with Gasteiger partial charge in [0.1, 0.15) is 0 Å². The summed E-state index contributed by atoms with van der Waals surface area (Å²) in [4.78, 5) is 0.494. The first-order chi connectivity index (χ1) is 8.68. The van der Waals surface area contributed by atoms with Crippen molar-refractivity contribution in [3.05, 3.63) is 58.4 Å². The Labute approximate surface area is 110 Å². The summed E-state index contributed by atoms with van der Waals surface area (Å²) < 4.78 is 7.68. The molecule has 90 valence electrons. The van der Waals surface area contributed by atoms with Crippen LogP contribution in [0.1, 0.15) is 11.1 Å². The van der Waals surface area contributed by atoms with Crippen molar-refractivity contribution in [3.63, 3.8) is 0 Å². The van der Waals surface area contributed by atoms with Gasteiger partial charge in [-0.2, -0.15) is 0 Å². The van der Waals surface area contributed by atoms with Crippen LogP contribution in [0.3, 0.4) is 0 Å². The molecule has 0 spiro atoms. The predicted molar refractivity (Wildman–Crippen MR) is 75.8 cm³/mol. The van der Waals surface area contributed by atoms with E-state index in [1.807, 2.05) is 28.8 Å².